The second-order valence-electron chi connectivity index (χ2n) is 7.45. The first-order valence-corrected chi connectivity index (χ1v) is 10.2. The fraction of sp³-hybridized carbons (Fsp3) is 0.684. The maximum absolute atomic E-state index is 12.6. The molecule has 4 rings (SSSR count). The molecule has 24 heavy (non-hydrogen) atoms. The van der Waals surface area contributed by atoms with Gasteiger partial charge in [0, 0.05) is 10.9 Å². The van der Waals surface area contributed by atoms with Gasteiger partial charge in [-0.1, -0.05) is 12.8 Å². The first kappa shape index (κ1) is 16.1. The molecule has 2 aliphatic carbocycles. The van der Waals surface area contributed by atoms with Crippen LogP contribution in [0.5, 0.6) is 0 Å². The van der Waals surface area contributed by atoms with Gasteiger partial charge in [0.2, 0.25) is 5.91 Å². The van der Waals surface area contributed by atoms with E-state index in [9.17, 15) is 10.1 Å². The molecule has 1 amide bonds. The van der Waals surface area contributed by atoms with Gasteiger partial charge in [0.1, 0.15) is 11.1 Å². The van der Waals surface area contributed by atoms with Crippen LogP contribution in [0.25, 0.3) is 0 Å². The molecule has 2 fully saturated rings. The summed E-state index contributed by atoms with van der Waals surface area (Å²) >= 11 is 1.61. The summed E-state index contributed by atoms with van der Waals surface area (Å²) in [6, 6.07) is 2.91. The van der Waals surface area contributed by atoms with Crippen LogP contribution in [-0.4, -0.2) is 29.9 Å². The van der Waals surface area contributed by atoms with Gasteiger partial charge in [-0.15, -0.1) is 11.3 Å². The number of anilines is 1. The summed E-state index contributed by atoms with van der Waals surface area (Å²) in [5.74, 6) is 0.846. The number of carbonyl (C=O) groups excluding carboxylic acids is 1. The number of carbonyl (C=O) groups is 1. The highest BCUT2D eigenvalue weighted by atomic mass is 32.1. The van der Waals surface area contributed by atoms with E-state index in [4.69, 9.17) is 0 Å². The molecule has 1 N–H and O–H groups in total. The molecule has 1 aromatic rings. The third kappa shape index (κ3) is 2.98. The van der Waals surface area contributed by atoms with Crippen molar-refractivity contribution in [2.75, 3.05) is 18.4 Å². The Morgan fingerprint density at radius 1 is 1.21 bits per heavy atom. The minimum Gasteiger partial charge on any atom is -0.315 e. The Hall–Kier alpha value is -1.38. The van der Waals surface area contributed by atoms with E-state index < -0.39 is 0 Å². The molecule has 0 spiro atoms. The van der Waals surface area contributed by atoms with E-state index in [1.807, 2.05) is 0 Å². The largest absolute Gasteiger partial charge is 0.315 e. The molecule has 2 atom stereocenters. The number of nitrogens with zero attached hydrogens (tertiary/aromatic N) is 2. The van der Waals surface area contributed by atoms with Gasteiger partial charge in [-0.25, -0.2) is 0 Å². The number of nitriles is 1. The Morgan fingerprint density at radius 2 is 2.04 bits per heavy atom. The molecular weight excluding hydrogens is 318 g/mol. The quantitative estimate of drug-likeness (QED) is 0.910. The fourth-order valence-electron chi connectivity index (χ4n) is 4.89. The van der Waals surface area contributed by atoms with Crippen LogP contribution in [0.15, 0.2) is 0 Å². The summed E-state index contributed by atoms with van der Waals surface area (Å²) < 4.78 is 0. The Balaban J connectivity index is 1.43. The number of hydrogen-bond donors (Lipinski definition) is 1. The van der Waals surface area contributed by atoms with E-state index in [2.05, 4.69) is 16.3 Å². The summed E-state index contributed by atoms with van der Waals surface area (Å²) in [4.78, 5) is 16.3. The van der Waals surface area contributed by atoms with Gasteiger partial charge in [-0.2, -0.15) is 5.26 Å². The van der Waals surface area contributed by atoms with Gasteiger partial charge in [-0.3, -0.25) is 9.69 Å². The van der Waals surface area contributed by atoms with Crippen molar-refractivity contribution in [3.63, 3.8) is 0 Å². The van der Waals surface area contributed by atoms with Crippen LogP contribution in [0, 0.1) is 17.2 Å². The summed E-state index contributed by atoms with van der Waals surface area (Å²) in [6.45, 7) is 1.52. The van der Waals surface area contributed by atoms with Crippen LogP contribution in [0.4, 0.5) is 5.00 Å². The van der Waals surface area contributed by atoms with Crippen LogP contribution in [0.3, 0.4) is 0 Å². The molecule has 1 saturated carbocycles. The van der Waals surface area contributed by atoms with Crippen molar-refractivity contribution in [3.05, 3.63) is 16.0 Å². The molecular formula is C19H25N3OS. The number of hydrogen-bond acceptors (Lipinski definition) is 4. The average Bonchev–Trinajstić information content (AvgIpc) is 3.15. The SMILES string of the molecule is N#Cc1c(NC(=O)CN2CCC[C@H]3CCCC[C@@H]32)sc2c1CCC2. The van der Waals surface area contributed by atoms with Gasteiger partial charge in [0.05, 0.1) is 12.1 Å². The number of rotatable bonds is 3. The van der Waals surface area contributed by atoms with Crippen molar-refractivity contribution in [3.8, 4) is 6.07 Å². The second kappa shape index (κ2) is 6.85. The lowest BCUT2D eigenvalue weighted by Gasteiger charge is -2.43. The number of fused-ring (bicyclic) bond motifs is 2. The fourth-order valence-corrected chi connectivity index (χ4v) is 6.14. The van der Waals surface area contributed by atoms with Crippen LogP contribution >= 0.6 is 11.3 Å². The topological polar surface area (TPSA) is 56.1 Å². The minimum atomic E-state index is 0.0534. The molecule has 4 nitrogen and oxygen atoms in total. The maximum atomic E-state index is 12.6. The van der Waals surface area contributed by atoms with Crippen molar-refractivity contribution in [1.29, 1.82) is 5.26 Å². The molecule has 2 heterocycles. The van der Waals surface area contributed by atoms with Crippen LogP contribution in [-0.2, 0) is 17.6 Å². The van der Waals surface area contributed by atoms with Crippen molar-refractivity contribution in [1.82, 2.24) is 4.90 Å². The van der Waals surface area contributed by atoms with Gasteiger partial charge in [0.25, 0.3) is 0 Å². The molecule has 0 radical (unpaired) electrons. The third-order valence-corrected chi connectivity index (χ3v) is 7.20. The zero-order valence-corrected chi connectivity index (χ0v) is 15.0. The Bertz CT molecular complexity index is 673. The van der Waals surface area contributed by atoms with Crippen molar-refractivity contribution in [2.24, 2.45) is 5.92 Å². The van der Waals surface area contributed by atoms with Gasteiger partial charge in [0.15, 0.2) is 0 Å². The van der Waals surface area contributed by atoms with Gasteiger partial charge < -0.3 is 5.32 Å². The summed E-state index contributed by atoms with van der Waals surface area (Å²) in [7, 11) is 0. The van der Waals surface area contributed by atoms with E-state index in [-0.39, 0.29) is 5.91 Å². The van der Waals surface area contributed by atoms with E-state index in [1.54, 1.807) is 11.3 Å². The molecule has 1 aromatic heterocycles. The van der Waals surface area contributed by atoms with Gasteiger partial charge >= 0.3 is 0 Å². The van der Waals surface area contributed by atoms with E-state index >= 15 is 0 Å². The predicted octanol–water partition coefficient (Wildman–Crippen LogP) is 3.70. The zero-order valence-electron chi connectivity index (χ0n) is 14.1. The Labute approximate surface area is 147 Å². The van der Waals surface area contributed by atoms with Crippen LogP contribution < -0.4 is 5.32 Å². The van der Waals surface area contributed by atoms with Crippen molar-refractivity contribution < 1.29 is 4.79 Å². The lowest BCUT2D eigenvalue weighted by atomic mass is 9.78. The number of likely N-dealkylation sites (tertiary alicyclic amines) is 1. The average molecular weight is 343 g/mol. The number of thiophene rings is 1. The van der Waals surface area contributed by atoms with E-state index in [0.717, 1.165) is 42.3 Å². The third-order valence-electron chi connectivity index (χ3n) is 5.99. The molecule has 1 saturated heterocycles. The molecule has 0 aromatic carbocycles. The van der Waals surface area contributed by atoms with Crippen molar-refractivity contribution in [2.45, 2.75) is 63.8 Å². The number of amides is 1. The first-order chi connectivity index (χ1) is 11.8. The predicted molar refractivity (Wildman–Crippen MR) is 96.2 cm³/mol. The number of aryl methyl sites for hydroxylation is 1. The number of nitrogens with one attached hydrogen (secondary N) is 1. The molecule has 3 aliphatic rings. The summed E-state index contributed by atoms with van der Waals surface area (Å²) in [5, 5.41) is 13.3. The zero-order chi connectivity index (χ0) is 16.5. The first-order valence-electron chi connectivity index (χ1n) is 9.35. The normalized spacial score (nSPS) is 26.5. The smallest absolute Gasteiger partial charge is 0.239 e. The standard InChI is InChI=1S/C19H25N3OS/c20-11-15-14-7-3-9-17(14)24-19(15)21-18(23)12-22-10-4-6-13-5-1-2-8-16(13)22/h13,16H,1-10,12H2,(H,21,23)/t13-,16+/m1/s1. The molecule has 0 unspecified atom stereocenters. The monoisotopic (exact) mass is 343 g/mol. The lowest BCUT2D eigenvalue weighted by molar-refractivity contribution is -0.118. The Kier molecular flexibility index (Phi) is 4.60. The van der Waals surface area contributed by atoms with E-state index in [0.29, 0.717) is 12.6 Å². The molecule has 0 bridgehead atoms. The molecule has 5 heteroatoms. The van der Waals surface area contributed by atoms with Crippen molar-refractivity contribution >= 4 is 22.2 Å². The lowest BCUT2D eigenvalue weighted by Crippen LogP contribution is -2.49. The van der Waals surface area contributed by atoms with Crippen LogP contribution in [0.1, 0.15) is 60.9 Å². The van der Waals surface area contributed by atoms with Gasteiger partial charge in [-0.05, 0) is 63.0 Å². The molecule has 128 valence electrons. The highest BCUT2D eigenvalue weighted by Gasteiger charge is 2.34. The Morgan fingerprint density at radius 3 is 2.92 bits per heavy atom. The molecule has 1 aliphatic heterocycles. The minimum absolute atomic E-state index is 0.0534. The second-order valence-corrected chi connectivity index (χ2v) is 8.55. The maximum Gasteiger partial charge on any atom is 0.239 e. The summed E-state index contributed by atoms with van der Waals surface area (Å²) in [6.07, 6.45) is 11.0. The number of piperidine rings is 1. The highest BCUT2D eigenvalue weighted by molar-refractivity contribution is 7.16. The highest BCUT2D eigenvalue weighted by Crippen LogP contribution is 2.39. The van der Waals surface area contributed by atoms with Crippen LogP contribution in [0.2, 0.25) is 0 Å². The van der Waals surface area contributed by atoms with E-state index in [1.165, 1.54) is 49.0 Å². The summed E-state index contributed by atoms with van der Waals surface area (Å²) in [5.41, 5.74) is 1.90.